The molecule has 5 heteroatoms. The molecular formula is C20H26N2O3. The number of ether oxygens (including phenoxy) is 1. The van der Waals surface area contributed by atoms with Crippen LogP contribution in [0.1, 0.15) is 39.2 Å². The number of benzene rings is 1. The highest BCUT2D eigenvalue weighted by molar-refractivity contribution is 6.13. The van der Waals surface area contributed by atoms with Gasteiger partial charge in [-0.3, -0.25) is 9.59 Å². The molecule has 1 aromatic heterocycles. The third-order valence-corrected chi connectivity index (χ3v) is 4.24. The van der Waals surface area contributed by atoms with Gasteiger partial charge in [0.15, 0.2) is 5.78 Å². The second kappa shape index (κ2) is 8.12. The number of aromatic nitrogens is 1. The zero-order chi connectivity index (χ0) is 18.6. The highest BCUT2D eigenvalue weighted by atomic mass is 16.5. The predicted octanol–water partition coefficient (Wildman–Crippen LogP) is 2.87. The Morgan fingerprint density at radius 2 is 1.96 bits per heavy atom. The standard InChI is InChI=1S/C20H26N2O3/c1-13-8-6-9-15(12-13)19(23)17-16(10-7-11-25-5)14(2)21-20(24)18(17)22(3)4/h6,8-9,12H,7,10-11H2,1-5H3,(H,21,24). The molecule has 0 amide bonds. The summed E-state index contributed by atoms with van der Waals surface area (Å²) in [6.07, 6.45) is 1.45. The molecular weight excluding hydrogens is 316 g/mol. The summed E-state index contributed by atoms with van der Waals surface area (Å²) in [6, 6.07) is 7.47. The van der Waals surface area contributed by atoms with Gasteiger partial charge in [-0.25, -0.2) is 0 Å². The molecule has 134 valence electrons. The first-order chi connectivity index (χ1) is 11.9. The fourth-order valence-electron chi connectivity index (χ4n) is 3.06. The number of carbonyl (C=O) groups is 1. The molecule has 0 saturated carbocycles. The van der Waals surface area contributed by atoms with E-state index in [1.54, 1.807) is 32.2 Å². The van der Waals surface area contributed by atoms with E-state index in [0.717, 1.165) is 23.2 Å². The summed E-state index contributed by atoms with van der Waals surface area (Å²) < 4.78 is 5.14. The molecule has 0 bridgehead atoms. The van der Waals surface area contributed by atoms with Crippen LogP contribution in [-0.4, -0.2) is 38.6 Å². The van der Waals surface area contributed by atoms with E-state index >= 15 is 0 Å². The Hall–Kier alpha value is -2.40. The number of anilines is 1. The Balaban J connectivity index is 2.66. The lowest BCUT2D eigenvalue weighted by molar-refractivity contribution is 0.103. The monoisotopic (exact) mass is 342 g/mol. The molecule has 5 nitrogen and oxygen atoms in total. The van der Waals surface area contributed by atoms with Gasteiger partial charge in [0.05, 0.1) is 5.56 Å². The van der Waals surface area contributed by atoms with Crippen molar-refractivity contribution in [3.63, 3.8) is 0 Å². The van der Waals surface area contributed by atoms with E-state index in [9.17, 15) is 9.59 Å². The largest absolute Gasteiger partial charge is 0.385 e. The minimum Gasteiger partial charge on any atom is -0.385 e. The summed E-state index contributed by atoms with van der Waals surface area (Å²) in [4.78, 5) is 30.4. The van der Waals surface area contributed by atoms with E-state index in [1.165, 1.54) is 0 Å². The summed E-state index contributed by atoms with van der Waals surface area (Å²) >= 11 is 0. The summed E-state index contributed by atoms with van der Waals surface area (Å²) in [5.74, 6) is -0.117. The van der Waals surface area contributed by atoms with Gasteiger partial charge in [-0.15, -0.1) is 0 Å². The van der Waals surface area contributed by atoms with Crippen LogP contribution in [0.4, 0.5) is 5.69 Å². The summed E-state index contributed by atoms with van der Waals surface area (Å²) in [5.41, 5.74) is 3.89. The Morgan fingerprint density at radius 1 is 1.24 bits per heavy atom. The maximum absolute atomic E-state index is 13.3. The van der Waals surface area contributed by atoms with Crippen molar-refractivity contribution in [1.82, 2.24) is 4.98 Å². The van der Waals surface area contributed by atoms with Crippen LogP contribution in [0.15, 0.2) is 29.1 Å². The Labute approximate surface area is 148 Å². The predicted molar refractivity (Wildman–Crippen MR) is 101 cm³/mol. The van der Waals surface area contributed by atoms with Gasteiger partial charge >= 0.3 is 0 Å². The first-order valence-corrected chi connectivity index (χ1v) is 8.40. The molecule has 0 aliphatic carbocycles. The van der Waals surface area contributed by atoms with Gasteiger partial charge in [-0.2, -0.15) is 0 Å². The van der Waals surface area contributed by atoms with Crippen molar-refractivity contribution in [3.05, 3.63) is 62.6 Å². The first kappa shape index (κ1) is 18.9. The second-order valence-electron chi connectivity index (χ2n) is 6.47. The fraction of sp³-hybridized carbons (Fsp3) is 0.400. The van der Waals surface area contributed by atoms with Crippen LogP contribution in [0, 0.1) is 13.8 Å². The van der Waals surface area contributed by atoms with Crippen molar-refractivity contribution < 1.29 is 9.53 Å². The number of aryl methyl sites for hydroxylation is 2. The van der Waals surface area contributed by atoms with Crippen molar-refractivity contribution in [1.29, 1.82) is 0 Å². The van der Waals surface area contributed by atoms with E-state index in [-0.39, 0.29) is 11.3 Å². The van der Waals surface area contributed by atoms with E-state index in [0.29, 0.717) is 29.8 Å². The van der Waals surface area contributed by atoms with Gasteiger partial charge in [0, 0.05) is 39.1 Å². The highest BCUT2D eigenvalue weighted by Crippen LogP contribution is 2.25. The molecule has 0 aliphatic heterocycles. The van der Waals surface area contributed by atoms with Crippen LogP contribution in [0.25, 0.3) is 0 Å². The van der Waals surface area contributed by atoms with E-state index in [1.807, 2.05) is 32.0 Å². The lowest BCUT2D eigenvalue weighted by Gasteiger charge is -2.20. The third kappa shape index (κ3) is 4.17. The van der Waals surface area contributed by atoms with Crippen LogP contribution in [-0.2, 0) is 11.2 Å². The first-order valence-electron chi connectivity index (χ1n) is 8.40. The minimum absolute atomic E-state index is 0.117. The number of H-pyrrole nitrogens is 1. The molecule has 0 spiro atoms. The number of carbonyl (C=O) groups excluding carboxylic acids is 1. The third-order valence-electron chi connectivity index (χ3n) is 4.24. The minimum atomic E-state index is -0.242. The van der Waals surface area contributed by atoms with E-state index < -0.39 is 0 Å². The van der Waals surface area contributed by atoms with Gasteiger partial charge in [0.25, 0.3) is 5.56 Å². The number of nitrogens with one attached hydrogen (secondary N) is 1. The SMILES string of the molecule is COCCCc1c(C)[nH]c(=O)c(N(C)C)c1C(=O)c1cccc(C)c1. The fourth-order valence-corrected chi connectivity index (χ4v) is 3.06. The summed E-state index contributed by atoms with van der Waals surface area (Å²) in [5, 5.41) is 0. The number of ketones is 1. The number of hydrogen-bond donors (Lipinski definition) is 1. The lowest BCUT2D eigenvalue weighted by Crippen LogP contribution is -2.27. The number of hydrogen-bond acceptors (Lipinski definition) is 4. The topological polar surface area (TPSA) is 62.4 Å². The Morgan fingerprint density at radius 3 is 2.56 bits per heavy atom. The molecule has 1 aromatic carbocycles. The molecule has 0 radical (unpaired) electrons. The number of rotatable bonds is 7. The quantitative estimate of drug-likeness (QED) is 0.621. The lowest BCUT2D eigenvalue weighted by atomic mass is 9.93. The molecule has 2 rings (SSSR count). The van der Waals surface area contributed by atoms with Crippen LogP contribution >= 0.6 is 0 Å². The molecule has 1 heterocycles. The van der Waals surface area contributed by atoms with Crippen molar-refractivity contribution >= 4 is 11.5 Å². The molecule has 0 saturated heterocycles. The zero-order valence-corrected chi connectivity index (χ0v) is 15.6. The molecule has 0 unspecified atom stereocenters. The van der Waals surface area contributed by atoms with Gasteiger partial charge in [-0.1, -0.05) is 23.8 Å². The van der Waals surface area contributed by atoms with Crippen LogP contribution in [0.5, 0.6) is 0 Å². The highest BCUT2D eigenvalue weighted by Gasteiger charge is 2.24. The number of pyridine rings is 1. The average molecular weight is 342 g/mol. The molecule has 0 aliphatic rings. The number of methoxy groups -OCH3 is 1. The van der Waals surface area contributed by atoms with Crippen molar-refractivity contribution in [2.24, 2.45) is 0 Å². The Bertz CT molecular complexity index is 822. The van der Waals surface area contributed by atoms with E-state index in [2.05, 4.69) is 4.98 Å². The molecule has 2 aromatic rings. The summed E-state index contributed by atoms with van der Waals surface area (Å²) in [7, 11) is 5.22. The van der Waals surface area contributed by atoms with Gasteiger partial charge in [-0.05, 0) is 38.3 Å². The number of aromatic amines is 1. The van der Waals surface area contributed by atoms with Gasteiger partial charge in [0.1, 0.15) is 5.69 Å². The van der Waals surface area contributed by atoms with E-state index in [4.69, 9.17) is 4.74 Å². The number of nitrogens with zero attached hydrogens (tertiary/aromatic N) is 1. The van der Waals surface area contributed by atoms with Gasteiger partial charge < -0.3 is 14.6 Å². The summed E-state index contributed by atoms with van der Waals surface area (Å²) in [6.45, 7) is 4.40. The average Bonchev–Trinajstić information content (AvgIpc) is 2.55. The molecule has 0 fully saturated rings. The molecule has 0 atom stereocenters. The van der Waals surface area contributed by atoms with Gasteiger partial charge in [0.2, 0.25) is 0 Å². The second-order valence-corrected chi connectivity index (χ2v) is 6.47. The Kier molecular flexibility index (Phi) is 6.15. The zero-order valence-electron chi connectivity index (χ0n) is 15.6. The van der Waals surface area contributed by atoms with Crippen LogP contribution in [0.3, 0.4) is 0 Å². The smallest absolute Gasteiger partial charge is 0.272 e. The molecule has 1 N–H and O–H groups in total. The van der Waals surface area contributed by atoms with Crippen molar-refractivity contribution in [2.45, 2.75) is 26.7 Å². The maximum atomic E-state index is 13.3. The van der Waals surface area contributed by atoms with Crippen LogP contribution in [0.2, 0.25) is 0 Å². The maximum Gasteiger partial charge on any atom is 0.272 e. The van der Waals surface area contributed by atoms with Crippen molar-refractivity contribution in [2.75, 3.05) is 32.7 Å². The van der Waals surface area contributed by atoms with Crippen LogP contribution < -0.4 is 10.5 Å². The molecule has 25 heavy (non-hydrogen) atoms. The normalized spacial score (nSPS) is 10.8. The van der Waals surface area contributed by atoms with Crippen molar-refractivity contribution in [3.8, 4) is 0 Å².